The van der Waals surface area contributed by atoms with Gasteiger partial charge in [0.05, 0.1) is 23.3 Å². The van der Waals surface area contributed by atoms with Gasteiger partial charge in [0.25, 0.3) is 0 Å². The fourth-order valence-electron chi connectivity index (χ4n) is 3.61. The number of aromatic nitrogens is 2. The summed E-state index contributed by atoms with van der Waals surface area (Å²) in [7, 11) is 0. The average Bonchev–Trinajstić information content (AvgIpc) is 2.89. The maximum Gasteiger partial charge on any atom is 0.224 e. The van der Waals surface area contributed by atoms with Gasteiger partial charge in [-0.1, -0.05) is 37.6 Å². The highest BCUT2D eigenvalue weighted by atomic mass is 16.2. The van der Waals surface area contributed by atoms with Gasteiger partial charge in [0.1, 0.15) is 0 Å². The van der Waals surface area contributed by atoms with Crippen molar-refractivity contribution in [3.63, 3.8) is 0 Å². The molecule has 4 heteroatoms. The van der Waals surface area contributed by atoms with Gasteiger partial charge in [-0.15, -0.1) is 0 Å². The number of allylic oxidation sites excluding steroid dienone is 2. The van der Waals surface area contributed by atoms with Crippen LogP contribution >= 0.6 is 0 Å². The molecule has 1 aromatic heterocycles. The summed E-state index contributed by atoms with van der Waals surface area (Å²) in [5.74, 6) is 0.680. The number of amides is 1. The number of carbonyl (C=O) groups excluding carboxylic acids is 1. The van der Waals surface area contributed by atoms with Gasteiger partial charge in [0, 0.05) is 13.1 Å². The maximum atomic E-state index is 12.4. The Morgan fingerprint density at radius 3 is 2.83 bits per heavy atom. The summed E-state index contributed by atoms with van der Waals surface area (Å²) in [6.07, 6.45) is 5.02. The summed E-state index contributed by atoms with van der Waals surface area (Å²) < 4.78 is 2.15. The Kier molecular flexibility index (Phi) is 4.48. The molecule has 24 heavy (non-hydrogen) atoms. The molecule has 1 aliphatic carbocycles. The van der Waals surface area contributed by atoms with Gasteiger partial charge in [-0.25, -0.2) is 4.98 Å². The number of nitrogens with zero attached hydrogens (tertiary/aromatic N) is 2. The van der Waals surface area contributed by atoms with Crippen molar-refractivity contribution in [3.05, 3.63) is 42.2 Å². The molecule has 0 spiro atoms. The first-order chi connectivity index (χ1) is 11.4. The van der Waals surface area contributed by atoms with Crippen LogP contribution in [0.15, 0.2) is 42.2 Å². The fraction of sp³-hybridized carbons (Fsp3) is 0.500. The molecule has 0 radical (unpaired) electrons. The molecule has 2 atom stereocenters. The number of rotatable bonds is 6. The van der Waals surface area contributed by atoms with Crippen LogP contribution in [-0.4, -0.2) is 22.0 Å². The van der Waals surface area contributed by atoms with Gasteiger partial charge in [0.15, 0.2) is 0 Å². The third-order valence-electron chi connectivity index (χ3n) is 5.11. The Labute approximate surface area is 144 Å². The summed E-state index contributed by atoms with van der Waals surface area (Å²) in [6, 6.07) is 8.13. The van der Waals surface area contributed by atoms with Gasteiger partial charge in [-0.05, 0) is 43.7 Å². The normalized spacial score (nSPS) is 21.5. The highest BCUT2D eigenvalue weighted by Crippen LogP contribution is 2.59. The number of imidazole rings is 1. The number of para-hydroxylation sites is 2. The first-order valence-corrected chi connectivity index (χ1v) is 8.74. The van der Waals surface area contributed by atoms with Gasteiger partial charge < -0.3 is 9.88 Å². The van der Waals surface area contributed by atoms with Crippen molar-refractivity contribution in [2.45, 2.75) is 40.7 Å². The first kappa shape index (κ1) is 16.7. The van der Waals surface area contributed by atoms with Crippen molar-refractivity contribution in [3.8, 4) is 0 Å². The van der Waals surface area contributed by atoms with Crippen LogP contribution in [0.5, 0.6) is 0 Å². The zero-order valence-corrected chi connectivity index (χ0v) is 15.0. The van der Waals surface area contributed by atoms with E-state index in [9.17, 15) is 4.79 Å². The Morgan fingerprint density at radius 2 is 2.08 bits per heavy atom. The molecule has 1 aliphatic rings. The lowest BCUT2D eigenvalue weighted by molar-refractivity contribution is -0.123. The van der Waals surface area contributed by atoms with Crippen LogP contribution in [0.4, 0.5) is 0 Å². The molecule has 4 nitrogen and oxygen atoms in total. The molecule has 3 rings (SSSR count). The molecule has 0 saturated heterocycles. The van der Waals surface area contributed by atoms with Crippen molar-refractivity contribution in [2.75, 3.05) is 6.54 Å². The van der Waals surface area contributed by atoms with E-state index < -0.39 is 0 Å². The second kappa shape index (κ2) is 6.42. The smallest absolute Gasteiger partial charge is 0.224 e. The van der Waals surface area contributed by atoms with Crippen LogP contribution in [0, 0.1) is 17.3 Å². The highest BCUT2D eigenvalue weighted by molar-refractivity contribution is 5.83. The fourth-order valence-corrected chi connectivity index (χ4v) is 3.61. The molecule has 1 heterocycles. The highest BCUT2D eigenvalue weighted by Gasteiger charge is 2.60. The predicted molar refractivity (Wildman–Crippen MR) is 97.6 cm³/mol. The van der Waals surface area contributed by atoms with Crippen LogP contribution in [0.3, 0.4) is 0 Å². The molecular weight excluding hydrogens is 298 g/mol. The molecule has 2 aromatic rings. The molecule has 1 aromatic carbocycles. The molecule has 0 aliphatic heterocycles. The number of fused-ring (bicyclic) bond motifs is 1. The predicted octanol–water partition coefficient (Wildman–Crippen LogP) is 3.78. The van der Waals surface area contributed by atoms with E-state index in [4.69, 9.17) is 0 Å². The monoisotopic (exact) mass is 325 g/mol. The third kappa shape index (κ3) is 3.23. The summed E-state index contributed by atoms with van der Waals surface area (Å²) in [5.41, 5.74) is 3.54. The second-order valence-corrected chi connectivity index (χ2v) is 7.64. The number of carbonyl (C=O) groups is 1. The van der Waals surface area contributed by atoms with E-state index in [1.54, 1.807) is 0 Å². The van der Waals surface area contributed by atoms with Crippen LogP contribution in [0.1, 0.15) is 34.1 Å². The SMILES string of the molecule is CC(C)=CC1C(C(=O)NCCCn2cnc3ccccc32)C1(C)C. The zero-order chi connectivity index (χ0) is 17.3. The lowest BCUT2D eigenvalue weighted by Crippen LogP contribution is -2.28. The summed E-state index contributed by atoms with van der Waals surface area (Å²) in [4.78, 5) is 16.8. The summed E-state index contributed by atoms with van der Waals surface area (Å²) in [5, 5.41) is 3.11. The molecule has 128 valence electrons. The van der Waals surface area contributed by atoms with Crippen molar-refractivity contribution in [1.29, 1.82) is 0 Å². The lowest BCUT2D eigenvalue weighted by atomic mass is 10.1. The number of hydrogen-bond acceptors (Lipinski definition) is 2. The molecule has 2 unspecified atom stereocenters. The van der Waals surface area contributed by atoms with Crippen molar-refractivity contribution < 1.29 is 4.79 Å². The summed E-state index contributed by atoms with van der Waals surface area (Å²) >= 11 is 0. The van der Waals surface area contributed by atoms with Crippen molar-refractivity contribution in [2.24, 2.45) is 17.3 Å². The molecule has 1 N–H and O–H groups in total. The Bertz CT molecular complexity index is 768. The average molecular weight is 325 g/mol. The van der Waals surface area contributed by atoms with E-state index in [0.29, 0.717) is 12.5 Å². The van der Waals surface area contributed by atoms with E-state index >= 15 is 0 Å². The van der Waals surface area contributed by atoms with E-state index in [1.165, 1.54) is 5.57 Å². The Hall–Kier alpha value is -2.10. The largest absolute Gasteiger partial charge is 0.356 e. The van der Waals surface area contributed by atoms with Gasteiger partial charge in [0.2, 0.25) is 5.91 Å². The standard InChI is InChI=1S/C20H27N3O/c1-14(2)12-15-18(20(15,3)4)19(24)21-10-7-11-23-13-22-16-8-5-6-9-17(16)23/h5-6,8-9,12-13,15,18H,7,10-11H2,1-4H3,(H,21,24). The molecular formula is C20H27N3O. The number of nitrogens with one attached hydrogen (secondary N) is 1. The lowest BCUT2D eigenvalue weighted by Gasteiger charge is -2.07. The quantitative estimate of drug-likeness (QED) is 0.649. The number of hydrogen-bond donors (Lipinski definition) is 1. The van der Waals surface area contributed by atoms with Crippen LogP contribution in [0.25, 0.3) is 11.0 Å². The second-order valence-electron chi connectivity index (χ2n) is 7.64. The van der Waals surface area contributed by atoms with E-state index in [-0.39, 0.29) is 17.2 Å². The van der Waals surface area contributed by atoms with Gasteiger partial charge >= 0.3 is 0 Å². The summed E-state index contributed by atoms with van der Waals surface area (Å²) in [6.45, 7) is 10.1. The van der Waals surface area contributed by atoms with Gasteiger partial charge in [-0.2, -0.15) is 0 Å². The van der Waals surface area contributed by atoms with E-state index in [0.717, 1.165) is 24.0 Å². The maximum absolute atomic E-state index is 12.4. The van der Waals surface area contributed by atoms with Crippen LogP contribution < -0.4 is 5.32 Å². The number of benzene rings is 1. The van der Waals surface area contributed by atoms with E-state index in [1.807, 2.05) is 24.5 Å². The third-order valence-corrected chi connectivity index (χ3v) is 5.11. The molecule has 1 fully saturated rings. The van der Waals surface area contributed by atoms with E-state index in [2.05, 4.69) is 54.7 Å². The van der Waals surface area contributed by atoms with Crippen molar-refractivity contribution >= 4 is 16.9 Å². The Morgan fingerprint density at radius 1 is 1.33 bits per heavy atom. The molecule has 0 bridgehead atoms. The van der Waals surface area contributed by atoms with Crippen molar-refractivity contribution in [1.82, 2.24) is 14.9 Å². The minimum absolute atomic E-state index is 0.0852. The van der Waals surface area contributed by atoms with Crippen LogP contribution in [-0.2, 0) is 11.3 Å². The van der Waals surface area contributed by atoms with Crippen LogP contribution in [0.2, 0.25) is 0 Å². The topological polar surface area (TPSA) is 46.9 Å². The Balaban J connectivity index is 1.49. The number of aryl methyl sites for hydroxylation is 1. The van der Waals surface area contributed by atoms with Gasteiger partial charge in [-0.3, -0.25) is 4.79 Å². The molecule has 1 amide bonds. The molecule has 1 saturated carbocycles. The minimum Gasteiger partial charge on any atom is -0.356 e. The first-order valence-electron chi connectivity index (χ1n) is 8.74. The minimum atomic E-state index is 0.0852. The zero-order valence-electron chi connectivity index (χ0n) is 15.0.